The summed E-state index contributed by atoms with van der Waals surface area (Å²) in [6, 6.07) is 11.5. The summed E-state index contributed by atoms with van der Waals surface area (Å²) in [5.41, 5.74) is 2.06. The van der Waals surface area contributed by atoms with Gasteiger partial charge >= 0.3 is 5.97 Å². The topological polar surface area (TPSA) is 63.2 Å². The Morgan fingerprint density at radius 1 is 0.786 bits per heavy atom. The van der Waals surface area contributed by atoms with Crippen LogP contribution in [0.2, 0.25) is 0 Å². The molecule has 2 atom stereocenters. The highest BCUT2D eigenvalue weighted by atomic mass is 16.6. The SMILES string of the molecule is COc1ccc(CC2CC(Cc3ccc(OC)c(OC)c3)C(=O)O2)cc1OC. The Balaban J connectivity index is 1.65. The molecule has 0 spiro atoms. The lowest BCUT2D eigenvalue weighted by Gasteiger charge is -2.12. The summed E-state index contributed by atoms with van der Waals surface area (Å²) in [6.07, 6.45) is 1.80. The molecule has 6 nitrogen and oxygen atoms in total. The first-order valence-electron chi connectivity index (χ1n) is 9.20. The molecule has 1 aliphatic rings. The molecule has 1 heterocycles. The average molecular weight is 386 g/mol. The highest BCUT2D eigenvalue weighted by Gasteiger charge is 2.34. The number of hydrogen-bond acceptors (Lipinski definition) is 6. The first-order chi connectivity index (χ1) is 13.6. The van der Waals surface area contributed by atoms with Gasteiger partial charge in [-0.15, -0.1) is 0 Å². The Kier molecular flexibility index (Phi) is 6.29. The summed E-state index contributed by atoms with van der Waals surface area (Å²) < 4.78 is 26.8. The van der Waals surface area contributed by atoms with E-state index < -0.39 is 0 Å². The molecule has 0 N–H and O–H groups in total. The number of rotatable bonds is 8. The lowest BCUT2D eigenvalue weighted by atomic mass is 9.94. The fourth-order valence-corrected chi connectivity index (χ4v) is 3.58. The third kappa shape index (κ3) is 4.32. The zero-order valence-electron chi connectivity index (χ0n) is 16.7. The van der Waals surface area contributed by atoms with E-state index in [0.29, 0.717) is 42.3 Å². The maximum Gasteiger partial charge on any atom is 0.309 e. The molecule has 0 radical (unpaired) electrons. The molecule has 1 aliphatic heterocycles. The molecular formula is C22H26O6. The van der Waals surface area contributed by atoms with Crippen LogP contribution in [0.4, 0.5) is 0 Å². The van der Waals surface area contributed by atoms with Gasteiger partial charge in [0.15, 0.2) is 23.0 Å². The van der Waals surface area contributed by atoms with Crippen molar-refractivity contribution in [3.63, 3.8) is 0 Å². The van der Waals surface area contributed by atoms with Crippen LogP contribution in [0.1, 0.15) is 17.5 Å². The highest BCUT2D eigenvalue weighted by Crippen LogP contribution is 2.33. The normalized spacial score (nSPS) is 18.5. The molecule has 0 amide bonds. The quantitative estimate of drug-likeness (QED) is 0.648. The largest absolute Gasteiger partial charge is 0.493 e. The zero-order chi connectivity index (χ0) is 20.1. The van der Waals surface area contributed by atoms with Crippen molar-refractivity contribution in [1.82, 2.24) is 0 Å². The molecule has 0 bridgehead atoms. The maximum absolute atomic E-state index is 12.4. The van der Waals surface area contributed by atoms with Gasteiger partial charge in [0.25, 0.3) is 0 Å². The van der Waals surface area contributed by atoms with Crippen molar-refractivity contribution in [2.45, 2.75) is 25.4 Å². The molecular weight excluding hydrogens is 360 g/mol. The van der Waals surface area contributed by atoms with E-state index in [2.05, 4.69) is 0 Å². The molecule has 2 aromatic rings. The van der Waals surface area contributed by atoms with E-state index >= 15 is 0 Å². The van der Waals surface area contributed by atoms with E-state index in [1.54, 1.807) is 28.4 Å². The van der Waals surface area contributed by atoms with E-state index in [1.165, 1.54) is 0 Å². The first kappa shape index (κ1) is 19.9. The van der Waals surface area contributed by atoms with Crippen molar-refractivity contribution < 1.29 is 28.5 Å². The summed E-state index contributed by atoms with van der Waals surface area (Å²) in [6.45, 7) is 0. The lowest BCUT2D eigenvalue weighted by Crippen LogP contribution is -2.10. The molecule has 0 aliphatic carbocycles. The smallest absolute Gasteiger partial charge is 0.309 e. The van der Waals surface area contributed by atoms with E-state index in [-0.39, 0.29) is 18.0 Å². The molecule has 0 aromatic heterocycles. The number of ether oxygens (including phenoxy) is 5. The Labute approximate surface area is 165 Å². The van der Waals surface area contributed by atoms with Gasteiger partial charge in [0.05, 0.1) is 34.4 Å². The summed E-state index contributed by atoms with van der Waals surface area (Å²) >= 11 is 0. The monoisotopic (exact) mass is 386 g/mol. The Morgan fingerprint density at radius 2 is 1.29 bits per heavy atom. The number of benzene rings is 2. The van der Waals surface area contributed by atoms with Gasteiger partial charge in [-0.3, -0.25) is 4.79 Å². The first-order valence-corrected chi connectivity index (χ1v) is 9.20. The molecule has 2 unspecified atom stereocenters. The van der Waals surface area contributed by atoms with Crippen LogP contribution < -0.4 is 18.9 Å². The Hall–Kier alpha value is -2.89. The van der Waals surface area contributed by atoms with Crippen molar-refractivity contribution >= 4 is 5.97 Å². The molecule has 1 fully saturated rings. The van der Waals surface area contributed by atoms with Gasteiger partial charge in [-0.05, 0) is 48.2 Å². The van der Waals surface area contributed by atoms with Crippen molar-refractivity contribution in [2.75, 3.05) is 28.4 Å². The van der Waals surface area contributed by atoms with Crippen molar-refractivity contribution in [3.8, 4) is 23.0 Å². The summed E-state index contributed by atoms with van der Waals surface area (Å²) in [4.78, 5) is 12.4. The standard InChI is InChI=1S/C22H26O6/c1-24-18-7-5-14(11-20(18)26-3)9-16-13-17(28-22(16)23)10-15-6-8-19(25-2)21(12-15)27-4/h5-8,11-12,16-17H,9-10,13H2,1-4H3. The second-order valence-electron chi connectivity index (χ2n) is 6.78. The van der Waals surface area contributed by atoms with Crippen LogP contribution in [0.25, 0.3) is 0 Å². The minimum atomic E-state index is -0.164. The van der Waals surface area contributed by atoms with Crippen LogP contribution in [-0.2, 0) is 22.4 Å². The number of methoxy groups -OCH3 is 4. The number of cyclic esters (lactones) is 1. The summed E-state index contributed by atoms with van der Waals surface area (Å²) in [7, 11) is 6.42. The molecule has 3 rings (SSSR count). The fraction of sp³-hybridized carbons (Fsp3) is 0.409. The molecule has 0 saturated carbocycles. The van der Waals surface area contributed by atoms with Crippen molar-refractivity contribution in [2.24, 2.45) is 5.92 Å². The average Bonchev–Trinajstić information content (AvgIpc) is 3.06. The predicted molar refractivity (Wildman–Crippen MR) is 104 cm³/mol. The molecule has 2 aromatic carbocycles. The van der Waals surface area contributed by atoms with Gasteiger partial charge in [-0.25, -0.2) is 0 Å². The van der Waals surface area contributed by atoms with Crippen LogP contribution in [-0.4, -0.2) is 40.5 Å². The minimum absolute atomic E-state index is 0.143. The van der Waals surface area contributed by atoms with E-state index in [9.17, 15) is 4.79 Å². The third-order valence-corrected chi connectivity index (χ3v) is 5.00. The third-order valence-electron chi connectivity index (χ3n) is 5.00. The van der Waals surface area contributed by atoms with Gasteiger partial charge in [0, 0.05) is 6.42 Å². The van der Waals surface area contributed by atoms with Crippen LogP contribution in [0.5, 0.6) is 23.0 Å². The predicted octanol–water partition coefficient (Wildman–Crippen LogP) is 3.44. The fourth-order valence-electron chi connectivity index (χ4n) is 3.58. The van der Waals surface area contributed by atoms with Gasteiger partial charge in [-0.2, -0.15) is 0 Å². The van der Waals surface area contributed by atoms with Crippen LogP contribution in [0.3, 0.4) is 0 Å². The highest BCUT2D eigenvalue weighted by molar-refractivity contribution is 5.75. The summed E-state index contributed by atoms with van der Waals surface area (Å²) in [5, 5.41) is 0. The van der Waals surface area contributed by atoms with Crippen molar-refractivity contribution in [1.29, 1.82) is 0 Å². The molecule has 28 heavy (non-hydrogen) atoms. The second kappa shape index (κ2) is 8.87. The van der Waals surface area contributed by atoms with E-state index in [1.807, 2.05) is 36.4 Å². The number of hydrogen-bond donors (Lipinski definition) is 0. The summed E-state index contributed by atoms with van der Waals surface area (Å²) in [5.74, 6) is 2.37. The van der Waals surface area contributed by atoms with Gasteiger partial charge < -0.3 is 23.7 Å². The lowest BCUT2D eigenvalue weighted by molar-refractivity contribution is -0.144. The van der Waals surface area contributed by atoms with Crippen molar-refractivity contribution in [3.05, 3.63) is 47.5 Å². The van der Waals surface area contributed by atoms with E-state index in [0.717, 1.165) is 11.1 Å². The van der Waals surface area contributed by atoms with Gasteiger partial charge in [0.1, 0.15) is 6.10 Å². The zero-order valence-corrected chi connectivity index (χ0v) is 16.7. The number of carbonyl (C=O) groups excluding carboxylic acids is 1. The number of esters is 1. The minimum Gasteiger partial charge on any atom is -0.493 e. The van der Waals surface area contributed by atoms with Crippen LogP contribution >= 0.6 is 0 Å². The molecule has 150 valence electrons. The van der Waals surface area contributed by atoms with Crippen LogP contribution in [0, 0.1) is 5.92 Å². The Morgan fingerprint density at radius 3 is 1.79 bits per heavy atom. The van der Waals surface area contributed by atoms with Crippen LogP contribution in [0.15, 0.2) is 36.4 Å². The molecule has 6 heteroatoms. The maximum atomic E-state index is 12.4. The Bertz CT molecular complexity index is 832. The number of carbonyl (C=O) groups is 1. The van der Waals surface area contributed by atoms with Gasteiger partial charge in [0.2, 0.25) is 0 Å². The second-order valence-corrected chi connectivity index (χ2v) is 6.78. The van der Waals surface area contributed by atoms with E-state index in [4.69, 9.17) is 23.7 Å². The van der Waals surface area contributed by atoms with Gasteiger partial charge in [-0.1, -0.05) is 12.1 Å². The molecule has 1 saturated heterocycles.